The lowest BCUT2D eigenvalue weighted by molar-refractivity contribution is 0.849. The molecule has 0 aliphatic heterocycles. The molecule has 0 saturated heterocycles. The van der Waals surface area contributed by atoms with E-state index < -0.39 is 0 Å². The molecule has 106 valence electrons. The highest BCUT2D eigenvalue weighted by Crippen LogP contribution is 2.21. The minimum absolute atomic E-state index is 0.141. The predicted molar refractivity (Wildman–Crippen MR) is 84.3 cm³/mol. The quantitative estimate of drug-likeness (QED) is 0.629. The van der Waals surface area contributed by atoms with Gasteiger partial charge in [0.25, 0.3) is 0 Å². The first kappa shape index (κ1) is 14.6. The average Bonchev–Trinajstić information content (AvgIpc) is 2.48. The summed E-state index contributed by atoms with van der Waals surface area (Å²) in [6.45, 7) is 4.97. The van der Waals surface area contributed by atoms with Crippen molar-refractivity contribution in [3.05, 3.63) is 36.2 Å². The molecular formula is C14H19N5S. The van der Waals surface area contributed by atoms with E-state index in [9.17, 15) is 0 Å². The zero-order valence-corrected chi connectivity index (χ0v) is 12.7. The first-order valence-corrected chi connectivity index (χ1v) is 7.78. The van der Waals surface area contributed by atoms with E-state index in [4.69, 9.17) is 0 Å². The van der Waals surface area contributed by atoms with E-state index in [-0.39, 0.29) is 6.04 Å². The Kier molecular flexibility index (Phi) is 5.17. The number of pyridine rings is 1. The normalized spacial score (nSPS) is 11.9. The van der Waals surface area contributed by atoms with Gasteiger partial charge in [0.2, 0.25) is 0 Å². The molecule has 2 heterocycles. The van der Waals surface area contributed by atoms with Gasteiger partial charge in [0, 0.05) is 25.0 Å². The SMILES string of the molecule is CCNc1cc(NC(C)c2cccnc2)nc(SC)n1. The van der Waals surface area contributed by atoms with E-state index in [0.29, 0.717) is 0 Å². The van der Waals surface area contributed by atoms with E-state index in [1.54, 1.807) is 6.20 Å². The van der Waals surface area contributed by atoms with Gasteiger partial charge in [-0.05, 0) is 31.7 Å². The molecule has 0 fully saturated rings. The summed E-state index contributed by atoms with van der Waals surface area (Å²) in [4.78, 5) is 13.0. The van der Waals surface area contributed by atoms with Gasteiger partial charge < -0.3 is 10.6 Å². The van der Waals surface area contributed by atoms with Crippen LogP contribution in [0.2, 0.25) is 0 Å². The molecule has 0 saturated carbocycles. The Balaban J connectivity index is 2.17. The lowest BCUT2D eigenvalue weighted by Gasteiger charge is -2.15. The third-order valence-electron chi connectivity index (χ3n) is 2.79. The van der Waals surface area contributed by atoms with Crippen LogP contribution >= 0.6 is 11.8 Å². The molecule has 5 nitrogen and oxygen atoms in total. The van der Waals surface area contributed by atoms with Gasteiger partial charge >= 0.3 is 0 Å². The molecule has 1 unspecified atom stereocenters. The number of hydrogen-bond donors (Lipinski definition) is 2. The van der Waals surface area contributed by atoms with Crippen LogP contribution in [0.3, 0.4) is 0 Å². The molecule has 0 spiro atoms. The van der Waals surface area contributed by atoms with Crippen molar-refractivity contribution in [2.45, 2.75) is 25.0 Å². The van der Waals surface area contributed by atoms with Crippen molar-refractivity contribution in [3.63, 3.8) is 0 Å². The number of thioether (sulfide) groups is 1. The minimum Gasteiger partial charge on any atom is -0.370 e. The Hall–Kier alpha value is -1.82. The van der Waals surface area contributed by atoms with Gasteiger partial charge in [-0.3, -0.25) is 4.98 Å². The Bertz CT molecular complexity index is 547. The van der Waals surface area contributed by atoms with Crippen LogP contribution in [0.1, 0.15) is 25.5 Å². The molecule has 0 bridgehead atoms. The van der Waals surface area contributed by atoms with Crippen LogP contribution in [0, 0.1) is 0 Å². The highest BCUT2D eigenvalue weighted by Gasteiger charge is 2.08. The Morgan fingerprint density at radius 3 is 2.75 bits per heavy atom. The molecule has 6 heteroatoms. The van der Waals surface area contributed by atoms with E-state index in [2.05, 4.69) is 32.5 Å². The fourth-order valence-corrected chi connectivity index (χ4v) is 2.18. The zero-order chi connectivity index (χ0) is 14.4. The van der Waals surface area contributed by atoms with Gasteiger partial charge in [-0.25, -0.2) is 9.97 Å². The molecule has 2 aromatic rings. The highest BCUT2D eigenvalue weighted by molar-refractivity contribution is 7.98. The van der Waals surface area contributed by atoms with Crippen LogP contribution in [0.4, 0.5) is 11.6 Å². The number of aromatic nitrogens is 3. The van der Waals surface area contributed by atoms with Crippen molar-refractivity contribution in [1.82, 2.24) is 15.0 Å². The van der Waals surface area contributed by atoms with Gasteiger partial charge in [0.15, 0.2) is 5.16 Å². The fourth-order valence-electron chi connectivity index (χ4n) is 1.80. The van der Waals surface area contributed by atoms with E-state index in [0.717, 1.165) is 28.9 Å². The second kappa shape index (κ2) is 7.09. The third-order valence-corrected chi connectivity index (χ3v) is 3.34. The van der Waals surface area contributed by atoms with Crippen LogP contribution in [0.15, 0.2) is 35.7 Å². The van der Waals surface area contributed by atoms with Crippen LogP contribution in [0.5, 0.6) is 0 Å². The molecule has 0 amide bonds. The lowest BCUT2D eigenvalue weighted by atomic mass is 10.1. The molecule has 0 aromatic carbocycles. The van der Waals surface area contributed by atoms with Gasteiger partial charge in [0.05, 0.1) is 6.04 Å². The summed E-state index contributed by atoms with van der Waals surface area (Å²) in [5.74, 6) is 1.66. The summed E-state index contributed by atoms with van der Waals surface area (Å²) < 4.78 is 0. The summed E-state index contributed by atoms with van der Waals surface area (Å²) in [5.41, 5.74) is 1.13. The van der Waals surface area contributed by atoms with Gasteiger partial charge in [-0.2, -0.15) is 0 Å². The largest absolute Gasteiger partial charge is 0.370 e. The number of rotatable bonds is 6. The molecule has 0 radical (unpaired) electrons. The number of nitrogens with zero attached hydrogens (tertiary/aromatic N) is 3. The molecular weight excluding hydrogens is 270 g/mol. The maximum Gasteiger partial charge on any atom is 0.191 e. The second-order valence-corrected chi connectivity index (χ2v) is 5.08. The average molecular weight is 289 g/mol. The summed E-state index contributed by atoms with van der Waals surface area (Å²) in [6.07, 6.45) is 5.61. The first-order chi connectivity index (χ1) is 9.72. The highest BCUT2D eigenvalue weighted by atomic mass is 32.2. The predicted octanol–water partition coefficient (Wildman–Crippen LogP) is 3.20. The molecule has 2 aromatic heterocycles. The van der Waals surface area contributed by atoms with Crippen LogP contribution in [0.25, 0.3) is 0 Å². The lowest BCUT2D eigenvalue weighted by Crippen LogP contribution is -2.10. The molecule has 20 heavy (non-hydrogen) atoms. The maximum atomic E-state index is 4.48. The van der Waals surface area contributed by atoms with Crippen LogP contribution in [-0.2, 0) is 0 Å². The third kappa shape index (κ3) is 3.84. The van der Waals surface area contributed by atoms with Gasteiger partial charge in [-0.15, -0.1) is 0 Å². The standard InChI is InChI=1S/C14H19N5S/c1-4-16-12-8-13(19-14(18-12)20-3)17-10(2)11-6-5-7-15-9-11/h5-10H,4H2,1-3H3,(H2,16,17,18,19). The van der Waals surface area contributed by atoms with Crippen LogP contribution in [-0.4, -0.2) is 27.8 Å². The van der Waals surface area contributed by atoms with E-state index >= 15 is 0 Å². The summed E-state index contributed by atoms with van der Waals surface area (Å²) >= 11 is 1.53. The molecule has 0 aliphatic carbocycles. The number of hydrogen-bond acceptors (Lipinski definition) is 6. The van der Waals surface area contributed by atoms with Crippen molar-refractivity contribution in [2.24, 2.45) is 0 Å². The Labute approximate surface area is 123 Å². The molecule has 2 rings (SSSR count). The smallest absolute Gasteiger partial charge is 0.191 e. The second-order valence-electron chi connectivity index (χ2n) is 4.31. The van der Waals surface area contributed by atoms with Crippen molar-refractivity contribution < 1.29 is 0 Å². The van der Waals surface area contributed by atoms with Crippen molar-refractivity contribution in [2.75, 3.05) is 23.4 Å². The monoisotopic (exact) mass is 289 g/mol. The Morgan fingerprint density at radius 1 is 1.30 bits per heavy atom. The summed E-state index contributed by atoms with van der Waals surface area (Å²) in [6, 6.07) is 6.05. The molecule has 1 atom stereocenters. The van der Waals surface area contributed by atoms with Gasteiger partial charge in [0.1, 0.15) is 11.6 Å². The number of nitrogens with one attached hydrogen (secondary N) is 2. The molecule has 0 aliphatic rings. The van der Waals surface area contributed by atoms with E-state index in [1.165, 1.54) is 11.8 Å². The summed E-state index contributed by atoms with van der Waals surface area (Å²) in [7, 11) is 0. The minimum atomic E-state index is 0.141. The maximum absolute atomic E-state index is 4.48. The van der Waals surface area contributed by atoms with E-state index in [1.807, 2.05) is 37.6 Å². The molecule has 2 N–H and O–H groups in total. The van der Waals surface area contributed by atoms with Gasteiger partial charge in [-0.1, -0.05) is 17.8 Å². The van der Waals surface area contributed by atoms with Crippen molar-refractivity contribution in [3.8, 4) is 0 Å². The first-order valence-electron chi connectivity index (χ1n) is 6.56. The fraction of sp³-hybridized carbons (Fsp3) is 0.357. The Morgan fingerprint density at radius 2 is 2.10 bits per heavy atom. The van der Waals surface area contributed by atoms with Crippen molar-refractivity contribution in [1.29, 1.82) is 0 Å². The van der Waals surface area contributed by atoms with Crippen molar-refractivity contribution >= 4 is 23.4 Å². The number of anilines is 2. The van der Waals surface area contributed by atoms with Crippen LogP contribution < -0.4 is 10.6 Å². The topological polar surface area (TPSA) is 62.7 Å². The zero-order valence-electron chi connectivity index (χ0n) is 11.9. The summed E-state index contributed by atoms with van der Waals surface area (Å²) in [5, 5.41) is 7.36.